The molecule has 2 rings (SSSR count). The van der Waals surface area contributed by atoms with Gasteiger partial charge in [-0.25, -0.2) is 4.98 Å². The van der Waals surface area contributed by atoms with Crippen LogP contribution in [-0.2, 0) is 12.8 Å². The van der Waals surface area contributed by atoms with Crippen molar-refractivity contribution in [3.63, 3.8) is 0 Å². The van der Waals surface area contributed by atoms with Gasteiger partial charge in [0.15, 0.2) is 0 Å². The van der Waals surface area contributed by atoms with E-state index in [1.54, 1.807) is 11.3 Å². The van der Waals surface area contributed by atoms with Crippen LogP contribution in [0.4, 0.5) is 0 Å². The van der Waals surface area contributed by atoms with Crippen molar-refractivity contribution >= 4 is 27.3 Å². The Morgan fingerprint density at radius 2 is 2.10 bits per heavy atom. The van der Waals surface area contributed by atoms with Crippen molar-refractivity contribution in [2.75, 3.05) is 6.54 Å². The molecule has 1 unspecified atom stereocenters. The summed E-state index contributed by atoms with van der Waals surface area (Å²) in [6, 6.07) is 8.60. The van der Waals surface area contributed by atoms with Crippen molar-refractivity contribution in [2.24, 2.45) is 5.92 Å². The second kappa shape index (κ2) is 7.52. The van der Waals surface area contributed by atoms with Gasteiger partial charge >= 0.3 is 0 Å². The molecule has 4 heteroatoms. The van der Waals surface area contributed by atoms with Gasteiger partial charge in [0.25, 0.3) is 0 Å². The van der Waals surface area contributed by atoms with E-state index in [9.17, 15) is 0 Å². The quantitative estimate of drug-likeness (QED) is 0.801. The zero-order chi connectivity index (χ0) is 15.3. The number of halogens is 1. The van der Waals surface area contributed by atoms with Crippen molar-refractivity contribution in [3.8, 4) is 0 Å². The minimum absolute atomic E-state index is 0.150. The highest BCUT2D eigenvalue weighted by Crippen LogP contribution is 2.18. The van der Waals surface area contributed by atoms with Gasteiger partial charge in [-0.05, 0) is 63.8 Å². The fraction of sp³-hybridized carbons (Fsp3) is 0.471. The fourth-order valence-corrected chi connectivity index (χ4v) is 3.32. The van der Waals surface area contributed by atoms with Crippen LogP contribution < -0.4 is 5.32 Å². The van der Waals surface area contributed by atoms with Crippen LogP contribution in [0, 0.1) is 5.92 Å². The number of thiazole rings is 1. The number of aromatic nitrogens is 1. The maximum atomic E-state index is 4.44. The van der Waals surface area contributed by atoms with Gasteiger partial charge < -0.3 is 5.32 Å². The number of nitrogens with zero attached hydrogens (tertiary/aromatic N) is 1. The van der Waals surface area contributed by atoms with Crippen LogP contribution >= 0.6 is 27.3 Å². The molecule has 21 heavy (non-hydrogen) atoms. The maximum Gasteiger partial charge on any atom is 0.0794 e. The molecule has 1 aromatic heterocycles. The lowest BCUT2D eigenvalue weighted by Gasteiger charge is -2.25. The molecule has 0 bridgehead atoms. The van der Waals surface area contributed by atoms with E-state index in [4.69, 9.17) is 0 Å². The Kier molecular flexibility index (Phi) is 5.97. The zero-order valence-corrected chi connectivity index (χ0v) is 15.3. The van der Waals surface area contributed by atoms with Gasteiger partial charge in [-0.3, -0.25) is 0 Å². The summed E-state index contributed by atoms with van der Waals surface area (Å²) in [4.78, 5) is 4.44. The number of hydrogen-bond donors (Lipinski definition) is 1. The molecular weight excluding hydrogens is 344 g/mol. The predicted molar refractivity (Wildman–Crippen MR) is 94.9 cm³/mol. The number of nitrogens with one attached hydrogen (secondary N) is 1. The first-order chi connectivity index (χ1) is 9.92. The highest BCUT2D eigenvalue weighted by molar-refractivity contribution is 9.10. The second-order valence-electron chi connectivity index (χ2n) is 6.51. The van der Waals surface area contributed by atoms with Gasteiger partial charge in [0, 0.05) is 15.4 Å². The summed E-state index contributed by atoms with van der Waals surface area (Å²) in [5, 5.41) is 5.79. The Labute approximate surface area is 140 Å². The van der Waals surface area contributed by atoms with Crippen LogP contribution in [-0.4, -0.2) is 17.1 Å². The third-order valence-corrected chi connectivity index (χ3v) is 4.44. The minimum atomic E-state index is 0.150. The van der Waals surface area contributed by atoms with E-state index in [0.717, 1.165) is 23.9 Å². The van der Waals surface area contributed by atoms with Gasteiger partial charge in [0.2, 0.25) is 0 Å². The van der Waals surface area contributed by atoms with E-state index in [1.165, 1.54) is 11.3 Å². The van der Waals surface area contributed by atoms with E-state index in [-0.39, 0.29) is 5.54 Å². The standard InChI is InChI=1S/C17H23BrN2S/c1-17(2,3)20-10-14(9-16-11-21-12-19-16)7-13-5-4-6-15(18)8-13/h4-6,8,11-12,14,20H,7,9-10H2,1-3H3. The van der Waals surface area contributed by atoms with E-state index in [2.05, 4.69) is 76.6 Å². The molecule has 0 aliphatic rings. The Morgan fingerprint density at radius 3 is 2.71 bits per heavy atom. The van der Waals surface area contributed by atoms with Crippen molar-refractivity contribution in [1.82, 2.24) is 10.3 Å². The second-order valence-corrected chi connectivity index (χ2v) is 8.15. The third kappa shape index (κ3) is 6.29. The average Bonchev–Trinajstić information content (AvgIpc) is 2.88. The first-order valence-electron chi connectivity index (χ1n) is 7.29. The molecule has 1 aromatic carbocycles. The van der Waals surface area contributed by atoms with E-state index in [0.29, 0.717) is 5.92 Å². The van der Waals surface area contributed by atoms with E-state index in [1.807, 2.05) is 5.51 Å². The van der Waals surface area contributed by atoms with Gasteiger partial charge in [-0.1, -0.05) is 28.1 Å². The lowest BCUT2D eigenvalue weighted by Crippen LogP contribution is -2.40. The highest BCUT2D eigenvalue weighted by Gasteiger charge is 2.16. The van der Waals surface area contributed by atoms with Crippen LogP contribution in [0.15, 0.2) is 39.6 Å². The maximum absolute atomic E-state index is 4.44. The summed E-state index contributed by atoms with van der Waals surface area (Å²) in [6.45, 7) is 7.65. The lowest BCUT2D eigenvalue weighted by atomic mass is 9.94. The van der Waals surface area contributed by atoms with Gasteiger partial charge in [0.1, 0.15) is 0 Å². The molecule has 2 aromatic rings. The SMILES string of the molecule is CC(C)(C)NCC(Cc1cccc(Br)c1)Cc1cscn1. The van der Waals surface area contributed by atoms with Crippen molar-refractivity contribution in [1.29, 1.82) is 0 Å². The summed E-state index contributed by atoms with van der Waals surface area (Å²) in [6.07, 6.45) is 2.10. The summed E-state index contributed by atoms with van der Waals surface area (Å²) < 4.78 is 1.15. The summed E-state index contributed by atoms with van der Waals surface area (Å²) in [5.41, 5.74) is 4.65. The summed E-state index contributed by atoms with van der Waals surface area (Å²) in [5.74, 6) is 0.556. The third-order valence-electron chi connectivity index (χ3n) is 3.32. The van der Waals surface area contributed by atoms with Crippen molar-refractivity contribution < 1.29 is 0 Å². The number of rotatable bonds is 6. The molecule has 1 heterocycles. The van der Waals surface area contributed by atoms with Crippen LogP contribution in [0.5, 0.6) is 0 Å². The Hall–Kier alpha value is -0.710. The summed E-state index contributed by atoms with van der Waals surface area (Å²) in [7, 11) is 0. The molecule has 2 nitrogen and oxygen atoms in total. The monoisotopic (exact) mass is 366 g/mol. The smallest absolute Gasteiger partial charge is 0.0794 e. The Morgan fingerprint density at radius 1 is 1.29 bits per heavy atom. The van der Waals surface area contributed by atoms with E-state index >= 15 is 0 Å². The highest BCUT2D eigenvalue weighted by atomic mass is 79.9. The normalized spacial score (nSPS) is 13.3. The van der Waals surface area contributed by atoms with Gasteiger partial charge in [0.05, 0.1) is 11.2 Å². The first kappa shape index (κ1) is 16.7. The molecule has 0 radical (unpaired) electrons. The molecule has 0 saturated heterocycles. The molecule has 0 fully saturated rings. The molecule has 0 saturated carbocycles. The molecule has 0 aliphatic carbocycles. The van der Waals surface area contributed by atoms with E-state index < -0.39 is 0 Å². The van der Waals surface area contributed by atoms with Crippen molar-refractivity contribution in [3.05, 3.63) is 50.9 Å². The van der Waals surface area contributed by atoms with Crippen molar-refractivity contribution in [2.45, 2.75) is 39.2 Å². The van der Waals surface area contributed by atoms with Crippen LogP contribution in [0.2, 0.25) is 0 Å². The molecular formula is C17H23BrN2S. The largest absolute Gasteiger partial charge is 0.312 e. The van der Waals surface area contributed by atoms with Crippen LogP contribution in [0.25, 0.3) is 0 Å². The number of hydrogen-bond acceptors (Lipinski definition) is 3. The Bertz CT molecular complexity index is 546. The fourth-order valence-electron chi connectivity index (χ4n) is 2.30. The number of benzene rings is 1. The molecule has 0 amide bonds. The van der Waals surface area contributed by atoms with Gasteiger partial charge in [-0.15, -0.1) is 11.3 Å². The molecule has 1 N–H and O–H groups in total. The summed E-state index contributed by atoms with van der Waals surface area (Å²) >= 11 is 5.23. The lowest BCUT2D eigenvalue weighted by molar-refractivity contribution is 0.366. The Balaban J connectivity index is 2.03. The molecule has 0 aliphatic heterocycles. The average molecular weight is 367 g/mol. The molecule has 0 spiro atoms. The first-order valence-corrected chi connectivity index (χ1v) is 9.02. The topological polar surface area (TPSA) is 24.9 Å². The van der Waals surface area contributed by atoms with Crippen LogP contribution in [0.1, 0.15) is 32.0 Å². The van der Waals surface area contributed by atoms with Crippen LogP contribution in [0.3, 0.4) is 0 Å². The predicted octanol–water partition coefficient (Wildman–Crippen LogP) is 4.70. The minimum Gasteiger partial charge on any atom is -0.312 e. The molecule has 1 atom stereocenters. The molecule has 114 valence electrons. The zero-order valence-electron chi connectivity index (χ0n) is 12.9. The van der Waals surface area contributed by atoms with Gasteiger partial charge in [-0.2, -0.15) is 0 Å².